The van der Waals surface area contributed by atoms with Gasteiger partial charge in [-0.15, -0.1) is 11.6 Å². The lowest BCUT2D eigenvalue weighted by molar-refractivity contribution is -0.130. The summed E-state index contributed by atoms with van der Waals surface area (Å²) in [7, 11) is 0. The van der Waals surface area contributed by atoms with Gasteiger partial charge in [0.25, 0.3) is 0 Å². The third-order valence-corrected chi connectivity index (χ3v) is 6.73. The molecule has 1 saturated carbocycles. The summed E-state index contributed by atoms with van der Waals surface area (Å²) in [6, 6.07) is 2.00. The molecule has 5 atom stereocenters. The summed E-state index contributed by atoms with van der Waals surface area (Å²) in [5.41, 5.74) is 1.67. The molecular formula is C20H27ClN4O3. The van der Waals surface area contributed by atoms with Gasteiger partial charge in [-0.1, -0.05) is 0 Å². The molecule has 3 aliphatic rings. The van der Waals surface area contributed by atoms with Crippen LogP contribution in [0.1, 0.15) is 38.2 Å². The minimum atomic E-state index is -0.334. The van der Waals surface area contributed by atoms with Crippen molar-refractivity contribution in [2.45, 2.75) is 57.0 Å². The van der Waals surface area contributed by atoms with Crippen LogP contribution in [0.2, 0.25) is 0 Å². The zero-order valence-corrected chi connectivity index (χ0v) is 17.0. The zero-order valence-electron chi connectivity index (χ0n) is 16.3. The van der Waals surface area contributed by atoms with E-state index in [0.717, 1.165) is 36.9 Å². The number of hydrogen-bond acceptors (Lipinski definition) is 5. The number of anilines is 2. The molecule has 0 spiro atoms. The number of cyclic esters (lactones) is 1. The first-order chi connectivity index (χ1) is 13.4. The molecule has 2 saturated heterocycles. The summed E-state index contributed by atoms with van der Waals surface area (Å²) >= 11 is 6.36. The van der Waals surface area contributed by atoms with Crippen molar-refractivity contribution in [1.29, 1.82) is 0 Å². The second-order valence-corrected chi connectivity index (χ2v) is 8.75. The molecule has 152 valence electrons. The van der Waals surface area contributed by atoms with Crippen molar-refractivity contribution >= 4 is 35.1 Å². The standard InChI is InChI=1S/C20H27ClN4O3/c1-11-17(25-7-8-28-20(25)27)5-6-22-18(11)23-12(2)15-10-13-9-14(21)3-4-16(13)24-19(15)26/h5-6,12-16H,3-4,7-10H2,1-2H3,(H,22,23)(H,24,26)/t12-,13?,14?,15?,16?/m0/s1. The molecule has 7 nitrogen and oxygen atoms in total. The molecule has 1 aromatic heterocycles. The van der Waals surface area contributed by atoms with Gasteiger partial charge in [0, 0.05) is 29.2 Å². The van der Waals surface area contributed by atoms with Crippen LogP contribution in [0.5, 0.6) is 0 Å². The second-order valence-electron chi connectivity index (χ2n) is 8.13. The number of amides is 2. The number of fused-ring (bicyclic) bond motifs is 1. The van der Waals surface area contributed by atoms with Crippen LogP contribution in [0, 0.1) is 18.8 Å². The third-order valence-electron chi connectivity index (χ3n) is 6.33. The maximum Gasteiger partial charge on any atom is 0.414 e. The number of carbonyl (C=O) groups is 2. The van der Waals surface area contributed by atoms with Gasteiger partial charge in [-0.2, -0.15) is 0 Å². The number of nitrogens with one attached hydrogen (secondary N) is 2. The van der Waals surface area contributed by atoms with E-state index in [0.29, 0.717) is 24.9 Å². The molecule has 2 aliphatic heterocycles. The van der Waals surface area contributed by atoms with E-state index in [1.165, 1.54) is 0 Å². The molecule has 2 amide bonds. The Kier molecular flexibility index (Phi) is 5.36. The molecule has 3 heterocycles. The molecule has 0 aromatic carbocycles. The Hall–Kier alpha value is -2.02. The first-order valence-electron chi connectivity index (χ1n) is 10.0. The van der Waals surface area contributed by atoms with Crippen molar-refractivity contribution in [2.24, 2.45) is 11.8 Å². The maximum atomic E-state index is 12.7. The van der Waals surface area contributed by atoms with Crippen molar-refractivity contribution in [3.63, 3.8) is 0 Å². The zero-order chi connectivity index (χ0) is 19.8. The highest BCUT2D eigenvalue weighted by atomic mass is 35.5. The summed E-state index contributed by atoms with van der Waals surface area (Å²) in [6.07, 6.45) is 5.08. The quantitative estimate of drug-likeness (QED) is 0.751. The van der Waals surface area contributed by atoms with Gasteiger partial charge in [0.2, 0.25) is 5.91 Å². The van der Waals surface area contributed by atoms with Crippen LogP contribution in [0.4, 0.5) is 16.3 Å². The number of pyridine rings is 1. The molecule has 0 radical (unpaired) electrons. The summed E-state index contributed by atoms with van der Waals surface area (Å²) < 4.78 is 5.05. The lowest BCUT2D eigenvalue weighted by Crippen LogP contribution is -2.55. The second kappa shape index (κ2) is 7.78. The highest BCUT2D eigenvalue weighted by Crippen LogP contribution is 2.37. The predicted octanol–water partition coefficient (Wildman–Crippen LogP) is 3.06. The lowest BCUT2D eigenvalue weighted by atomic mass is 9.74. The van der Waals surface area contributed by atoms with E-state index in [9.17, 15) is 9.59 Å². The van der Waals surface area contributed by atoms with Gasteiger partial charge in [0.15, 0.2) is 0 Å². The maximum absolute atomic E-state index is 12.7. The van der Waals surface area contributed by atoms with Crippen LogP contribution in [0.3, 0.4) is 0 Å². The van der Waals surface area contributed by atoms with E-state index < -0.39 is 0 Å². The summed E-state index contributed by atoms with van der Waals surface area (Å²) in [6.45, 7) is 4.88. The van der Waals surface area contributed by atoms with E-state index in [4.69, 9.17) is 16.3 Å². The van der Waals surface area contributed by atoms with Gasteiger partial charge in [-0.05, 0) is 51.5 Å². The third kappa shape index (κ3) is 3.64. The van der Waals surface area contributed by atoms with Gasteiger partial charge in [-0.25, -0.2) is 9.78 Å². The van der Waals surface area contributed by atoms with Crippen molar-refractivity contribution in [3.8, 4) is 0 Å². The van der Waals surface area contributed by atoms with Gasteiger partial charge in [-0.3, -0.25) is 9.69 Å². The minimum absolute atomic E-state index is 0.0800. The number of ether oxygens (including phenoxy) is 1. The molecule has 8 heteroatoms. The van der Waals surface area contributed by atoms with Crippen LogP contribution in [0.25, 0.3) is 0 Å². The van der Waals surface area contributed by atoms with Crippen LogP contribution in [-0.4, -0.2) is 47.6 Å². The Balaban J connectivity index is 1.48. The van der Waals surface area contributed by atoms with Crippen LogP contribution in [0.15, 0.2) is 12.3 Å². The highest BCUT2D eigenvalue weighted by Gasteiger charge is 2.41. The average molecular weight is 407 g/mol. The topological polar surface area (TPSA) is 83.6 Å². The largest absolute Gasteiger partial charge is 0.447 e. The number of alkyl halides is 1. The van der Waals surface area contributed by atoms with E-state index in [-0.39, 0.29) is 35.4 Å². The smallest absolute Gasteiger partial charge is 0.414 e. The van der Waals surface area contributed by atoms with Crippen molar-refractivity contribution in [1.82, 2.24) is 10.3 Å². The van der Waals surface area contributed by atoms with E-state index in [1.807, 2.05) is 19.9 Å². The molecular weight excluding hydrogens is 380 g/mol. The van der Waals surface area contributed by atoms with Gasteiger partial charge < -0.3 is 15.4 Å². The van der Waals surface area contributed by atoms with Gasteiger partial charge >= 0.3 is 6.09 Å². The number of carbonyl (C=O) groups excluding carboxylic acids is 2. The molecule has 4 unspecified atom stereocenters. The molecule has 0 bridgehead atoms. The Morgan fingerprint density at radius 1 is 1.36 bits per heavy atom. The number of rotatable bonds is 4. The number of piperidine rings is 1. The average Bonchev–Trinajstić information content (AvgIpc) is 3.09. The fraction of sp³-hybridized carbons (Fsp3) is 0.650. The first-order valence-corrected chi connectivity index (χ1v) is 10.5. The number of nitrogens with zero attached hydrogens (tertiary/aromatic N) is 2. The van der Waals surface area contributed by atoms with Crippen LogP contribution >= 0.6 is 11.6 Å². The van der Waals surface area contributed by atoms with Crippen LogP contribution in [-0.2, 0) is 9.53 Å². The summed E-state index contributed by atoms with van der Waals surface area (Å²) in [4.78, 5) is 30.7. The molecule has 1 aliphatic carbocycles. The van der Waals surface area contributed by atoms with E-state index in [2.05, 4.69) is 15.6 Å². The Morgan fingerprint density at radius 2 is 2.18 bits per heavy atom. The molecule has 3 fully saturated rings. The monoisotopic (exact) mass is 406 g/mol. The number of aromatic nitrogens is 1. The molecule has 28 heavy (non-hydrogen) atoms. The Bertz CT molecular complexity index is 774. The van der Waals surface area contributed by atoms with E-state index >= 15 is 0 Å². The van der Waals surface area contributed by atoms with Crippen LogP contribution < -0.4 is 15.5 Å². The van der Waals surface area contributed by atoms with Crippen molar-refractivity contribution in [2.75, 3.05) is 23.4 Å². The normalized spacial score (nSPS) is 31.0. The number of halogens is 1. The minimum Gasteiger partial charge on any atom is -0.447 e. The van der Waals surface area contributed by atoms with Crippen molar-refractivity contribution < 1.29 is 14.3 Å². The van der Waals surface area contributed by atoms with Gasteiger partial charge in [0.05, 0.1) is 18.2 Å². The fourth-order valence-corrected chi connectivity index (χ4v) is 5.06. The summed E-state index contributed by atoms with van der Waals surface area (Å²) in [5, 5.41) is 6.83. The molecule has 4 rings (SSSR count). The van der Waals surface area contributed by atoms with Gasteiger partial charge in [0.1, 0.15) is 12.4 Å². The Morgan fingerprint density at radius 3 is 2.93 bits per heavy atom. The molecule has 2 N–H and O–H groups in total. The highest BCUT2D eigenvalue weighted by molar-refractivity contribution is 6.20. The first kappa shape index (κ1) is 19.3. The predicted molar refractivity (Wildman–Crippen MR) is 108 cm³/mol. The summed E-state index contributed by atoms with van der Waals surface area (Å²) in [5.74, 6) is 1.09. The molecule has 1 aromatic rings. The lowest BCUT2D eigenvalue weighted by Gasteiger charge is -2.42. The SMILES string of the molecule is Cc1c(N2CCOC2=O)ccnc1N[C@@H](C)C1CC2CC(Cl)CCC2NC1=O. The fourth-order valence-electron chi connectivity index (χ4n) is 4.70. The van der Waals surface area contributed by atoms with E-state index in [1.54, 1.807) is 11.1 Å². The van der Waals surface area contributed by atoms with Crippen molar-refractivity contribution in [3.05, 3.63) is 17.8 Å². The Labute approximate surface area is 170 Å². The number of hydrogen-bond donors (Lipinski definition) is 2.